The predicted molar refractivity (Wildman–Crippen MR) is 88.9 cm³/mol. The number of aromatic nitrogens is 4. The van der Waals surface area contributed by atoms with Crippen LogP contribution in [-0.4, -0.2) is 67.3 Å². The Balaban J connectivity index is 0.000000260. The van der Waals surface area contributed by atoms with Gasteiger partial charge in [-0.15, -0.1) is 0 Å². The molecular weight excluding hydrogens is 365 g/mol. The molecule has 8 nitrogen and oxygen atoms in total. The van der Waals surface area contributed by atoms with Crippen molar-refractivity contribution in [2.45, 2.75) is 31.1 Å². The van der Waals surface area contributed by atoms with Crippen LogP contribution in [-0.2, 0) is 11.3 Å². The molecule has 1 spiro atoms. The quantitative estimate of drug-likeness (QED) is 0.831. The zero-order valence-electron chi connectivity index (χ0n) is 14.4. The highest BCUT2D eigenvalue weighted by molar-refractivity contribution is 5.73. The summed E-state index contributed by atoms with van der Waals surface area (Å²) in [4.78, 5) is 29.8. The van der Waals surface area contributed by atoms with E-state index >= 15 is 0 Å². The van der Waals surface area contributed by atoms with Crippen molar-refractivity contribution in [3.63, 3.8) is 0 Å². The molecule has 0 amide bonds. The van der Waals surface area contributed by atoms with E-state index in [2.05, 4.69) is 29.7 Å². The molecule has 27 heavy (non-hydrogen) atoms. The molecule has 2 saturated heterocycles. The summed E-state index contributed by atoms with van der Waals surface area (Å²) in [6, 6.07) is 1.87. The van der Waals surface area contributed by atoms with Crippen molar-refractivity contribution in [1.82, 2.24) is 24.8 Å². The Morgan fingerprint density at radius 1 is 1.26 bits per heavy atom. The van der Waals surface area contributed by atoms with E-state index in [0.29, 0.717) is 0 Å². The summed E-state index contributed by atoms with van der Waals surface area (Å²) < 4.78 is 31.7. The zero-order valence-corrected chi connectivity index (χ0v) is 14.4. The van der Waals surface area contributed by atoms with Gasteiger partial charge in [-0.05, 0) is 18.9 Å². The van der Waals surface area contributed by atoms with Crippen molar-refractivity contribution in [2.24, 2.45) is 0 Å². The molecule has 0 aromatic carbocycles. The third-order valence-electron chi connectivity index (χ3n) is 4.77. The smallest absolute Gasteiger partial charge is 0.475 e. The first-order chi connectivity index (χ1) is 12.8. The van der Waals surface area contributed by atoms with Crippen molar-refractivity contribution in [1.29, 1.82) is 0 Å². The summed E-state index contributed by atoms with van der Waals surface area (Å²) in [5, 5.41) is 7.12. The van der Waals surface area contributed by atoms with Crippen LogP contribution in [0.2, 0.25) is 0 Å². The van der Waals surface area contributed by atoms with E-state index in [1.807, 2.05) is 24.7 Å². The summed E-state index contributed by atoms with van der Waals surface area (Å²) in [5.74, 6) is -1.88. The average molecular weight is 384 g/mol. The zero-order chi connectivity index (χ0) is 19.5. The fourth-order valence-electron chi connectivity index (χ4n) is 3.39. The lowest BCUT2D eigenvalue weighted by Gasteiger charge is -2.50. The number of imidazole rings is 1. The summed E-state index contributed by atoms with van der Waals surface area (Å²) in [7, 11) is 0. The van der Waals surface area contributed by atoms with Crippen molar-refractivity contribution >= 4 is 11.9 Å². The topological polar surface area (TPSA) is 98.2 Å². The lowest BCUT2D eigenvalue weighted by molar-refractivity contribution is -0.192. The molecule has 4 heterocycles. The molecule has 2 aromatic heterocycles. The Bertz CT molecular complexity index is 755. The number of carboxylic acids is 1. The fraction of sp³-hybridized carbons (Fsp3) is 0.500. The summed E-state index contributed by atoms with van der Waals surface area (Å²) >= 11 is 0. The van der Waals surface area contributed by atoms with E-state index < -0.39 is 12.1 Å². The molecular formula is C16H19F3N6O2. The summed E-state index contributed by atoms with van der Waals surface area (Å²) in [5.41, 5.74) is 1.44. The van der Waals surface area contributed by atoms with Gasteiger partial charge in [0.1, 0.15) is 0 Å². The number of hydrogen-bond acceptors (Lipinski definition) is 6. The fourth-order valence-corrected chi connectivity index (χ4v) is 3.39. The Morgan fingerprint density at radius 3 is 2.44 bits per heavy atom. The third kappa shape index (κ3) is 4.35. The second kappa shape index (κ2) is 7.51. The minimum absolute atomic E-state index is 0.251. The Labute approximate surface area is 153 Å². The van der Waals surface area contributed by atoms with E-state index in [1.165, 1.54) is 18.5 Å². The van der Waals surface area contributed by atoms with E-state index in [-0.39, 0.29) is 5.54 Å². The first kappa shape index (κ1) is 19.1. The van der Waals surface area contributed by atoms with E-state index in [1.54, 1.807) is 6.33 Å². The number of carbonyl (C=O) groups is 1. The molecule has 11 heteroatoms. The van der Waals surface area contributed by atoms with Crippen molar-refractivity contribution < 1.29 is 23.1 Å². The molecule has 1 atom stereocenters. The number of nitrogens with one attached hydrogen (secondary N) is 1. The van der Waals surface area contributed by atoms with Crippen LogP contribution in [0.15, 0.2) is 31.0 Å². The number of aromatic amines is 1. The number of alkyl halides is 3. The van der Waals surface area contributed by atoms with Crippen LogP contribution in [0.1, 0.15) is 18.5 Å². The molecule has 146 valence electrons. The van der Waals surface area contributed by atoms with Crippen molar-refractivity contribution in [3.05, 3.63) is 36.7 Å². The summed E-state index contributed by atoms with van der Waals surface area (Å²) in [6.45, 7) is 4.24. The molecule has 0 saturated carbocycles. The van der Waals surface area contributed by atoms with Crippen LogP contribution in [0.25, 0.3) is 0 Å². The SMILES string of the molecule is O=C(O)C(F)(F)F.c1cnc(N2CCC23CCN(Cc2cnc[nH]2)C3)nc1. The molecule has 0 bridgehead atoms. The van der Waals surface area contributed by atoms with Gasteiger partial charge in [0.15, 0.2) is 0 Å². The highest BCUT2D eigenvalue weighted by atomic mass is 19.4. The Hall–Kier alpha value is -2.69. The molecule has 1 unspecified atom stereocenters. The lowest BCUT2D eigenvalue weighted by atomic mass is 9.84. The van der Waals surface area contributed by atoms with Gasteiger partial charge in [-0.25, -0.2) is 19.7 Å². The van der Waals surface area contributed by atoms with Gasteiger partial charge in [-0.2, -0.15) is 13.2 Å². The van der Waals surface area contributed by atoms with Gasteiger partial charge in [0.2, 0.25) is 5.95 Å². The van der Waals surface area contributed by atoms with Crippen LogP contribution in [0.3, 0.4) is 0 Å². The number of carboxylic acid groups (broad SMARTS) is 1. The number of anilines is 1. The predicted octanol–water partition coefficient (Wildman–Crippen LogP) is 1.69. The van der Waals surface area contributed by atoms with Gasteiger partial charge in [0, 0.05) is 50.5 Å². The maximum Gasteiger partial charge on any atom is 0.490 e. The number of hydrogen-bond donors (Lipinski definition) is 2. The molecule has 0 aliphatic carbocycles. The van der Waals surface area contributed by atoms with Crippen LogP contribution in [0.4, 0.5) is 19.1 Å². The molecule has 2 aliphatic heterocycles. The normalized spacial score (nSPS) is 22.3. The second-order valence-electron chi connectivity index (χ2n) is 6.52. The van der Waals surface area contributed by atoms with Gasteiger partial charge in [0.05, 0.1) is 11.9 Å². The molecule has 2 aromatic rings. The Morgan fingerprint density at radius 2 is 1.93 bits per heavy atom. The molecule has 2 aliphatic rings. The number of rotatable bonds is 3. The first-order valence-electron chi connectivity index (χ1n) is 8.35. The standard InChI is InChI=1S/C14H18N6.C2HF3O2/c1-4-16-13(17-5-1)20-7-3-14(20)2-6-19(10-14)9-12-8-15-11-18-12;3-2(4,5)1(6)7/h1,4-5,8,11H,2-3,6-7,9-10H2,(H,15,18);(H,6,7). The maximum atomic E-state index is 10.6. The molecule has 0 radical (unpaired) electrons. The second-order valence-corrected chi connectivity index (χ2v) is 6.52. The Kier molecular flexibility index (Phi) is 5.31. The van der Waals surface area contributed by atoms with E-state index in [4.69, 9.17) is 9.90 Å². The summed E-state index contributed by atoms with van der Waals surface area (Å²) in [6.07, 6.45) is 4.65. The van der Waals surface area contributed by atoms with E-state index in [9.17, 15) is 13.2 Å². The van der Waals surface area contributed by atoms with Gasteiger partial charge < -0.3 is 15.0 Å². The minimum atomic E-state index is -5.08. The van der Waals surface area contributed by atoms with Gasteiger partial charge in [0.25, 0.3) is 0 Å². The van der Waals surface area contributed by atoms with E-state index in [0.717, 1.165) is 32.1 Å². The number of aliphatic carboxylic acids is 1. The van der Waals surface area contributed by atoms with Gasteiger partial charge in [-0.3, -0.25) is 4.90 Å². The first-order valence-corrected chi connectivity index (χ1v) is 8.35. The number of H-pyrrole nitrogens is 1. The highest BCUT2D eigenvalue weighted by Crippen LogP contribution is 2.41. The third-order valence-corrected chi connectivity index (χ3v) is 4.77. The van der Waals surface area contributed by atoms with Crippen molar-refractivity contribution in [3.8, 4) is 0 Å². The maximum absolute atomic E-state index is 10.6. The minimum Gasteiger partial charge on any atom is -0.475 e. The molecule has 2 N–H and O–H groups in total. The monoisotopic (exact) mass is 384 g/mol. The van der Waals surface area contributed by atoms with Crippen LogP contribution < -0.4 is 4.90 Å². The van der Waals surface area contributed by atoms with Crippen LogP contribution in [0, 0.1) is 0 Å². The number of likely N-dealkylation sites (tertiary alicyclic amines) is 1. The number of nitrogens with zero attached hydrogens (tertiary/aromatic N) is 5. The largest absolute Gasteiger partial charge is 0.490 e. The number of halogens is 3. The lowest BCUT2D eigenvalue weighted by Crippen LogP contribution is -2.62. The van der Waals surface area contributed by atoms with Gasteiger partial charge >= 0.3 is 12.1 Å². The van der Waals surface area contributed by atoms with Gasteiger partial charge in [-0.1, -0.05) is 0 Å². The van der Waals surface area contributed by atoms with Crippen molar-refractivity contribution in [2.75, 3.05) is 24.5 Å². The highest BCUT2D eigenvalue weighted by Gasteiger charge is 2.50. The molecule has 4 rings (SSSR count). The van der Waals surface area contributed by atoms with Crippen LogP contribution in [0.5, 0.6) is 0 Å². The van der Waals surface area contributed by atoms with Crippen LogP contribution >= 0.6 is 0 Å². The molecule has 2 fully saturated rings. The average Bonchev–Trinajstić information content (AvgIpc) is 3.26.